The first kappa shape index (κ1) is 12.5. The van der Waals surface area contributed by atoms with Crippen molar-refractivity contribution in [3.05, 3.63) is 18.4 Å². The lowest BCUT2D eigenvalue weighted by molar-refractivity contribution is -0.140. The fraction of sp³-hybridized carbons (Fsp3) is 0.375. The molecule has 1 rings (SSSR count). The number of aliphatic carboxylic acids is 1. The topological polar surface area (TPSA) is 117 Å². The van der Waals surface area contributed by atoms with Crippen molar-refractivity contribution in [3.8, 4) is 5.95 Å². The van der Waals surface area contributed by atoms with E-state index < -0.39 is 18.1 Å². The summed E-state index contributed by atoms with van der Waals surface area (Å²) in [5, 5.41) is 24.9. The van der Waals surface area contributed by atoms with E-state index in [1.807, 2.05) is 0 Å². The maximum Gasteiger partial charge on any atom is 0.323 e. The van der Waals surface area contributed by atoms with E-state index in [1.165, 1.54) is 19.3 Å². The van der Waals surface area contributed by atoms with Crippen LogP contribution in [0.1, 0.15) is 6.92 Å². The first-order chi connectivity index (χ1) is 6.45. The Balaban J connectivity index is 0.000000249. The van der Waals surface area contributed by atoms with Gasteiger partial charge in [0, 0.05) is 6.07 Å². The van der Waals surface area contributed by atoms with Crippen LogP contribution in [0.25, 0.3) is 0 Å². The third kappa shape index (κ3) is 5.18. The summed E-state index contributed by atoms with van der Waals surface area (Å²) in [6, 6.07) is 1.94. The predicted octanol–water partition coefficient (Wildman–Crippen LogP) is -0.236. The molecule has 0 aliphatic carbocycles. The Kier molecular flexibility index (Phi) is 5.35. The summed E-state index contributed by atoms with van der Waals surface area (Å²) in [4.78, 5) is 9.86. The molecular weight excluding hydrogens is 190 g/mol. The van der Waals surface area contributed by atoms with Gasteiger partial charge in [0.25, 0.3) is 5.95 Å². The average Bonchev–Trinajstić information content (AvgIpc) is 2.55. The lowest BCUT2D eigenvalue weighted by Gasteiger charge is -2.06. The Morgan fingerprint density at radius 3 is 2.29 bits per heavy atom. The predicted molar refractivity (Wildman–Crippen MR) is 47.7 cm³/mol. The van der Waals surface area contributed by atoms with Gasteiger partial charge in [-0.1, -0.05) is 0 Å². The molecule has 0 aromatic carbocycles. The van der Waals surface area contributed by atoms with Crippen LogP contribution in [-0.4, -0.2) is 33.4 Å². The molecule has 0 spiro atoms. The third-order valence-corrected chi connectivity index (χ3v) is 1.31. The van der Waals surface area contributed by atoms with Crippen LogP contribution in [0, 0.1) is 0 Å². The highest BCUT2D eigenvalue weighted by molar-refractivity contribution is 5.73. The number of carboxylic acids is 1. The average molecular weight is 203 g/mol. The third-order valence-electron chi connectivity index (χ3n) is 1.31. The van der Waals surface area contributed by atoms with Gasteiger partial charge in [-0.2, -0.15) is 0 Å². The van der Waals surface area contributed by atoms with E-state index in [2.05, 4.69) is 4.42 Å². The summed E-state index contributed by atoms with van der Waals surface area (Å²) in [5.41, 5.74) is 4.91. The molecule has 80 valence electrons. The van der Waals surface area contributed by atoms with Gasteiger partial charge in [-0.15, -0.1) is 0 Å². The van der Waals surface area contributed by atoms with Crippen LogP contribution in [0.3, 0.4) is 0 Å². The Hall–Kier alpha value is -1.53. The van der Waals surface area contributed by atoms with Gasteiger partial charge in [-0.3, -0.25) is 4.79 Å². The van der Waals surface area contributed by atoms with E-state index in [0.717, 1.165) is 0 Å². The number of carboxylic acid groups (broad SMARTS) is 1. The second-order valence-corrected chi connectivity index (χ2v) is 2.56. The number of aliphatic hydroxyl groups is 1. The SMILES string of the molecule is C[C@@H](O)[C@H](N)C(=O)O.Oc1ccco1. The van der Waals surface area contributed by atoms with Crippen molar-refractivity contribution < 1.29 is 24.5 Å². The van der Waals surface area contributed by atoms with Gasteiger partial charge in [-0.25, -0.2) is 0 Å². The number of aromatic hydroxyl groups is 1. The number of rotatable bonds is 2. The molecule has 1 aromatic heterocycles. The molecule has 0 aliphatic heterocycles. The molecule has 14 heavy (non-hydrogen) atoms. The van der Waals surface area contributed by atoms with Crippen LogP contribution in [0.15, 0.2) is 22.8 Å². The molecule has 6 nitrogen and oxygen atoms in total. The summed E-state index contributed by atoms with van der Waals surface area (Å²) in [6.45, 7) is 1.33. The Morgan fingerprint density at radius 2 is 2.21 bits per heavy atom. The fourth-order valence-electron chi connectivity index (χ4n) is 0.476. The summed E-state index contributed by atoms with van der Waals surface area (Å²) < 4.78 is 4.39. The number of carbonyl (C=O) groups is 1. The molecule has 0 unspecified atom stereocenters. The minimum absolute atomic E-state index is 0.0324. The van der Waals surface area contributed by atoms with Gasteiger partial charge in [0.2, 0.25) is 0 Å². The van der Waals surface area contributed by atoms with Gasteiger partial charge >= 0.3 is 5.97 Å². The second-order valence-electron chi connectivity index (χ2n) is 2.56. The summed E-state index contributed by atoms with van der Waals surface area (Å²) in [6.07, 6.45) is 0.433. The quantitative estimate of drug-likeness (QED) is 0.527. The molecule has 1 heterocycles. The van der Waals surface area contributed by atoms with Gasteiger partial charge in [0.1, 0.15) is 6.04 Å². The minimum Gasteiger partial charge on any atom is -0.481 e. The Morgan fingerprint density at radius 1 is 1.64 bits per heavy atom. The minimum atomic E-state index is -1.18. The molecule has 0 saturated carbocycles. The van der Waals surface area contributed by atoms with E-state index in [4.69, 9.17) is 21.1 Å². The lowest BCUT2D eigenvalue weighted by atomic mass is 10.2. The zero-order chi connectivity index (χ0) is 11.1. The van der Waals surface area contributed by atoms with Crippen molar-refractivity contribution in [3.63, 3.8) is 0 Å². The summed E-state index contributed by atoms with van der Waals surface area (Å²) in [7, 11) is 0. The molecule has 0 bridgehead atoms. The monoisotopic (exact) mass is 203 g/mol. The largest absolute Gasteiger partial charge is 0.481 e. The maximum atomic E-state index is 9.86. The van der Waals surface area contributed by atoms with Crippen molar-refractivity contribution in [1.29, 1.82) is 0 Å². The smallest absolute Gasteiger partial charge is 0.323 e. The van der Waals surface area contributed by atoms with Gasteiger partial charge < -0.3 is 25.5 Å². The molecule has 5 N–H and O–H groups in total. The fourth-order valence-corrected chi connectivity index (χ4v) is 0.476. The molecule has 0 radical (unpaired) electrons. The molecule has 0 fully saturated rings. The van der Waals surface area contributed by atoms with Crippen LogP contribution >= 0.6 is 0 Å². The molecule has 6 heteroatoms. The van der Waals surface area contributed by atoms with E-state index in [-0.39, 0.29) is 5.95 Å². The normalized spacial score (nSPS) is 13.6. The standard InChI is InChI=1S/C4H9NO3.C4H4O2/c1-2(6)3(5)4(7)8;5-4-2-1-3-6-4/h2-3,6H,5H2,1H3,(H,7,8);1-3,5H/t2-,3+;/m1./s1. The molecule has 2 atom stereocenters. The zero-order valence-corrected chi connectivity index (χ0v) is 7.62. The number of furan rings is 1. The first-order valence-corrected chi connectivity index (χ1v) is 3.84. The number of aliphatic hydroxyl groups excluding tert-OH is 1. The van der Waals surface area contributed by atoms with Crippen LogP contribution in [0.4, 0.5) is 0 Å². The molecule has 0 saturated heterocycles. The summed E-state index contributed by atoms with van der Waals surface area (Å²) in [5.74, 6) is -1.21. The van der Waals surface area contributed by atoms with Crippen LogP contribution < -0.4 is 5.73 Å². The zero-order valence-electron chi connectivity index (χ0n) is 7.62. The van der Waals surface area contributed by atoms with Crippen molar-refractivity contribution in [2.24, 2.45) is 5.73 Å². The van der Waals surface area contributed by atoms with Crippen LogP contribution in [0.2, 0.25) is 0 Å². The number of hydrogen-bond donors (Lipinski definition) is 4. The van der Waals surface area contributed by atoms with Crippen LogP contribution in [0.5, 0.6) is 5.95 Å². The Labute approximate surface area is 80.6 Å². The highest BCUT2D eigenvalue weighted by Gasteiger charge is 2.16. The van der Waals surface area contributed by atoms with E-state index in [1.54, 1.807) is 6.07 Å². The molecule has 0 amide bonds. The lowest BCUT2D eigenvalue weighted by Crippen LogP contribution is -2.39. The first-order valence-electron chi connectivity index (χ1n) is 3.84. The van der Waals surface area contributed by atoms with Crippen molar-refractivity contribution >= 4 is 5.97 Å². The second kappa shape index (κ2) is 6.01. The highest BCUT2D eigenvalue weighted by Crippen LogP contribution is 2.04. The number of nitrogens with two attached hydrogens (primary N) is 1. The van der Waals surface area contributed by atoms with E-state index in [0.29, 0.717) is 0 Å². The maximum absolute atomic E-state index is 9.86. The summed E-state index contributed by atoms with van der Waals surface area (Å²) >= 11 is 0. The highest BCUT2D eigenvalue weighted by atomic mass is 16.5. The number of hydrogen-bond acceptors (Lipinski definition) is 5. The molecule has 0 aliphatic rings. The van der Waals surface area contributed by atoms with Gasteiger partial charge in [-0.05, 0) is 13.0 Å². The van der Waals surface area contributed by atoms with Crippen molar-refractivity contribution in [2.75, 3.05) is 0 Å². The van der Waals surface area contributed by atoms with Crippen LogP contribution in [-0.2, 0) is 4.79 Å². The molecular formula is C8H13NO5. The molecule has 1 aromatic rings. The Bertz CT molecular complexity index is 257. The van der Waals surface area contributed by atoms with E-state index in [9.17, 15) is 4.79 Å². The van der Waals surface area contributed by atoms with Crippen molar-refractivity contribution in [2.45, 2.75) is 19.1 Å². The van der Waals surface area contributed by atoms with E-state index >= 15 is 0 Å². The van der Waals surface area contributed by atoms with Gasteiger partial charge in [0.15, 0.2) is 0 Å². The van der Waals surface area contributed by atoms with Crippen molar-refractivity contribution in [1.82, 2.24) is 0 Å². The van der Waals surface area contributed by atoms with Gasteiger partial charge in [0.05, 0.1) is 12.4 Å².